The van der Waals surface area contributed by atoms with Gasteiger partial charge in [0, 0.05) is 57.3 Å². The van der Waals surface area contributed by atoms with Crippen LogP contribution in [-0.4, -0.2) is 81.4 Å². The van der Waals surface area contributed by atoms with E-state index in [0.717, 1.165) is 50.3 Å². The quantitative estimate of drug-likeness (QED) is 0.771. The van der Waals surface area contributed by atoms with Crippen LogP contribution < -0.4 is 0 Å². The molecule has 0 spiro atoms. The van der Waals surface area contributed by atoms with E-state index < -0.39 is 0 Å². The average molecular weight is 396 g/mol. The summed E-state index contributed by atoms with van der Waals surface area (Å²) in [5.41, 5.74) is 2.04. The Morgan fingerprint density at radius 1 is 0.966 bits per heavy atom. The minimum Gasteiger partial charge on any atom is -0.341 e. The summed E-state index contributed by atoms with van der Waals surface area (Å²) < 4.78 is 1.94. The first-order valence-electron chi connectivity index (χ1n) is 10.5. The lowest BCUT2D eigenvalue weighted by Gasteiger charge is -2.38. The second kappa shape index (κ2) is 8.78. The smallest absolute Gasteiger partial charge is 0.239 e. The van der Waals surface area contributed by atoms with Gasteiger partial charge in [-0.15, -0.1) is 0 Å². The number of amides is 2. The van der Waals surface area contributed by atoms with Gasteiger partial charge in [-0.05, 0) is 37.5 Å². The number of hydrogen-bond donors (Lipinski definition) is 0. The number of carbonyl (C=O) groups excluding carboxylic acids is 2. The van der Waals surface area contributed by atoms with E-state index in [1.54, 1.807) is 12.5 Å². The lowest BCUT2D eigenvalue weighted by atomic mass is 10.1. The zero-order valence-corrected chi connectivity index (χ0v) is 17.0. The van der Waals surface area contributed by atoms with Crippen molar-refractivity contribution in [2.45, 2.75) is 32.2 Å². The van der Waals surface area contributed by atoms with Crippen molar-refractivity contribution in [2.24, 2.45) is 0 Å². The summed E-state index contributed by atoms with van der Waals surface area (Å²) >= 11 is 0. The summed E-state index contributed by atoms with van der Waals surface area (Å²) in [5, 5.41) is 0. The van der Waals surface area contributed by atoms with Gasteiger partial charge in [0.1, 0.15) is 0 Å². The highest BCUT2D eigenvalue weighted by Gasteiger charge is 2.30. The second-order valence-corrected chi connectivity index (χ2v) is 7.94. The molecule has 4 rings (SSSR count). The zero-order valence-electron chi connectivity index (χ0n) is 17.0. The van der Waals surface area contributed by atoms with Gasteiger partial charge < -0.3 is 14.4 Å². The molecule has 0 aliphatic carbocycles. The molecule has 2 aromatic rings. The van der Waals surface area contributed by atoms with Gasteiger partial charge in [0.15, 0.2) is 0 Å². The molecule has 0 N–H and O–H groups in total. The maximum Gasteiger partial charge on any atom is 0.239 e. The standard InChI is InChI=1S/C22H29N5O2/c1-18(22(29)26-9-2-3-10-26)24-12-14-25(15-13-24)21(28)16-19-4-6-20(7-5-19)27-11-8-23-17-27/h4-8,11,17-18H,2-3,9-10,12-16H2,1H3. The molecule has 0 radical (unpaired) electrons. The summed E-state index contributed by atoms with van der Waals surface area (Å²) in [4.78, 5) is 35.5. The summed E-state index contributed by atoms with van der Waals surface area (Å²) in [6, 6.07) is 7.92. The molecule has 2 aliphatic heterocycles. The lowest BCUT2D eigenvalue weighted by Crippen LogP contribution is -2.55. The van der Waals surface area contributed by atoms with Crippen LogP contribution in [0, 0.1) is 0 Å². The van der Waals surface area contributed by atoms with Crippen LogP contribution in [0.4, 0.5) is 0 Å². The number of rotatable bonds is 5. The van der Waals surface area contributed by atoms with Crippen LogP contribution in [0.1, 0.15) is 25.3 Å². The molecule has 2 saturated heterocycles. The Morgan fingerprint density at radius 3 is 2.28 bits per heavy atom. The van der Waals surface area contributed by atoms with Crippen LogP contribution >= 0.6 is 0 Å². The van der Waals surface area contributed by atoms with Crippen molar-refractivity contribution in [3.05, 3.63) is 48.5 Å². The number of imidazole rings is 1. The maximum absolute atomic E-state index is 12.7. The van der Waals surface area contributed by atoms with Gasteiger partial charge in [0.05, 0.1) is 18.8 Å². The molecule has 3 heterocycles. The normalized spacial score (nSPS) is 18.8. The largest absolute Gasteiger partial charge is 0.341 e. The van der Waals surface area contributed by atoms with Crippen molar-refractivity contribution in [2.75, 3.05) is 39.3 Å². The third-order valence-electron chi connectivity index (χ3n) is 6.08. The highest BCUT2D eigenvalue weighted by Crippen LogP contribution is 2.15. The Bertz CT molecular complexity index is 819. The fourth-order valence-corrected chi connectivity index (χ4v) is 4.20. The van der Waals surface area contributed by atoms with E-state index in [1.165, 1.54) is 0 Å². The van der Waals surface area contributed by atoms with Crippen molar-refractivity contribution in [3.63, 3.8) is 0 Å². The fourth-order valence-electron chi connectivity index (χ4n) is 4.20. The molecule has 2 fully saturated rings. The Morgan fingerprint density at radius 2 is 1.66 bits per heavy atom. The molecule has 154 valence electrons. The van der Waals surface area contributed by atoms with E-state index in [2.05, 4.69) is 9.88 Å². The second-order valence-electron chi connectivity index (χ2n) is 7.94. The van der Waals surface area contributed by atoms with Crippen LogP contribution in [0.15, 0.2) is 43.0 Å². The lowest BCUT2D eigenvalue weighted by molar-refractivity contribution is -0.137. The molecule has 2 aliphatic rings. The predicted molar refractivity (Wildman–Crippen MR) is 111 cm³/mol. The Labute approximate surface area is 171 Å². The molecule has 7 nitrogen and oxygen atoms in total. The molecule has 1 unspecified atom stereocenters. The van der Waals surface area contributed by atoms with Gasteiger partial charge in [-0.2, -0.15) is 0 Å². The first-order chi connectivity index (χ1) is 14.1. The minimum atomic E-state index is -0.0962. The van der Waals surface area contributed by atoms with E-state index >= 15 is 0 Å². The summed E-state index contributed by atoms with van der Waals surface area (Å²) in [6.07, 6.45) is 8.04. The van der Waals surface area contributed by atoms with Crippen LogP contribution in [-0.2, 0) is 16.0 Å². The highest BCUT2D eigenvalue weighted by atomic mass is 16.2. The van der Waals surface area contributed by atoms with Crippen LogP contribution in [0.3, 0.4) is 0 Å². The van der Waals surface area contributed by atoms with Gasteiger partial charge in [-0.25, -0.2) is 4.98 Å². The van der Waals surface area contributed by atoms with Crippen LogP contribution in [0.5, 0.6) is 0 Å². The van der Waals surface area contributed by atoms with Crippen molar-refractivity contribution in [1.82, 2.24) is 24.3 Å². The molecule has 7 heteroatoms. The van der Waals surface area contributed by atoms with E-state index in [4.69, 9.17) is 0 Å². The molecule has 1 atom stereocenters. The number of hydrogen-bond acceptors (Lipinski definition) is 4. The number of nitrogens with zero attached hydrogens (tertiary/aromatic N) is 5. The minimum absolute atomic E-state index is 0.0962. The monoisotopic (exact) mass is 395 g/mol. The van der Waals surface area contributed by atoms with Gasteiger partial charge in [-0.3, -0.25) is 14.5 Å². The molecule has 29 heavy (non-hydrogen) atoms. The first kappa shape index (κ1) is 19.6. The summed E-state index contributed by atoms with van der Waals surface area (Å²) in [5.74, 6) is 0.388. The molecular formula is C22H29N5O2. The Balaban J connectivity index is 1.27. The molecule has 1 aromatic carbocycles. The fraction of sp³-hybridized carbons (Fsp3) is 0.500. The van der Waals surface area contributed by atoms with Gasteiger partial charge in [-0.1, -0.05) is 12.1 Å². The topological polar surface area (TPSA) is 61.7 Å². The number of likely N-dealkylation sites (tertiary alicyclic amines) is 1. The number of benzene rings is 1. The molecular weight excluding hydrogens is 366 g/mol. The average Bonchev–Trinajstić information content (AvgIpc) is 3.47. The van der Waals surface area contributed by atoms with Crippen molar-refractivity contribution < 1.29 is 9.59 Å². The van der Waals surface area contributed by atoms with Crippen molar-refractivity contribution in [1.29, 1.82) is 0 Å². The first-order valence-corrected chi connectivity index (χ1v) is 10.5. The van der Waals surface area contributed by atoms with Crippen molar-refractivity contribution >= 4 is 11.8 Å². The van der Waals surface area contributed by atoms with E-state index in [0.29, 0.717) is 19.5 Å². The summed E-state index contributed by atoms with van der Waals surface area (Å²) in [7, 11) is 0. The van der Waals surface area contributed by atoms with Gasteiger partial charge in [0.2, 0.25) is 11.8 Å². The maximum atomic E-state index is 12.7. The number of aromatic nitrogens is 2. The molecule has 2 amide bonds. The number of carbonyl (C=O) groups is 2. The molecule has 0 saturated carbocycles. The van der Waals surface area contributed by atoms with E-state index in [-0.39, 0.29) is 17.9 Å². The van der Waals surface area contributed by atoms with E-state index in [1.807, 2.05) is 51.8 Å². The SMILES string of the molecule is CC(C(=O)N1CCCC1)N1CCN(C(=O)Cc2ccc(-n3ccnc3)cc2)CC1. The third-order valence-corrected chi connectivity index (χ3v) is 6.08. The molecule has 1 aromatic heterocycles. The Hall–Kier alpha value is -2.67. The van der Waals surface area contributed by atoms with Gasteiger partial charge >= 0.3 is 0 Å². The zero-order chi connectivity index (χ0) is 20.2. The van der Waals surface area contributed by atoms with E-state index in [9.17, 15) is 9.59 Å². The van der Waals surface area contributed by atoms with Crippen LogP contribution in [0.25, 0.3) is 5.69 Å². The summed E-state index contributed by atoms with van der Waals surface area (Å²) in [6.45, 7) is 6.66. The number of piperazine rings is 1. The van der Waals surface area contributed by atoms with Crippen LogP contribution in [0.2, 0.25) is 0 Å². The van der Waals surface area contributed by atoms with Crippen molar-refractivity contribution in [3.8, 4) is 5.69 Å². The third kappa shape index (κ3) is 4.50. The Kier molecular flexibility index (Phi) is 5.94. The molecule has 0 bridgehead atoms. The predicted octanol–water partition coefficient (Wildman–Crippen LogP) is 1.57. The van der Waals surface area contributed by atoms with Gasteiger partial charge in [0.25, 0.3) is 0 Å². The highest BCUT2D eigenvalue weighted by molar-refractivity contribution is 5.82.